The predicted octanol–water partition coefficient (Wildman–Crippen LogP) is 4.54. The largest absolute Gasteiger partial charge is 0.457 e. The first-order chi connectivity index (χ1) is 9.81. The van der Waals surface area contributed by atoms with Gasteiger partial charge in [0, 0.05) is 17.3 Å². The third kappa shape index (κ3) is 3.35. The number of ether oxygens (including phenoxy) is 1. The molecule has 0 fully saturated rings. The SMILES string of the molecule is Cc1ccc(Oc2ccc(N)c(C#N)c2)c(C(C)(C)C)c1. The zero-order valence-corrected chi connectivity index (χ0v) is 12.9. The van der Waals surface area contributed by atoms with Gasteiger partial charge in [-0.3, -0.25) is 0 Å². The Balaban J connectivity index is 2.43. The monoisotopic (exact) mass is 280 g/mol. The average molecular weight is 280 g/mol. The molecular formula is C18H20N2O. The maximum absolute atomic E-state index is 9.04. The molecule has 0 heterocycles. The first-order valence-electron chi connectivity index (χ1n) is 6.90. The van der Waals surface area contributed by atoms with Gasteiger partial charge in [-0.15, -0.1) is 0 Å². The lowest BCUT2D eigenvalue weighted by Gasteiger charge is -2.23. The summed E-state index contributed by atoms with van der Waals surface area (Å²) >= 11 is 0. The third-order valence-corrected chi connectivity index (χ3v) is 3.32. The molecule has 0 aliphatic carbocycles. The number of nitriles is 1. The molecular weight excluding hydrogens is 260 g/mol. The van der Waals surface area contributed by atoms with Crippen LogP contribution in [0.25, 0.3) is 0 Å². The number of nitrogen functional groups attached to an aromatic ring is 1. The number of anilines is 1. The second-order valence-electron chi connectivity index (χ2n) is 6.21. The molecule has 3 heteroatoms. The summed E-state index contributed by atoms with van der Waals surface area (Å²) < 4.78 is 5.98. The minimum Gasteiger partial charge on any atom is -0.457 e. The molecule has 2 aromatic carbocycles. The first-order valence-corrected chi connectivity index (χ1v) is 6.90. The second-order valence-corrected chi connectivity index (χ2v) is 6.21. The van der Waals surface area contributed by atoms with Crippen LogP contribution in [-0.4, -0.2) is 0 Å². The predicted molar refractivity (Wildman–Crippen MR) is 85.5 cm³/mol. The van der Waals surface area contributed by atoms with Crippen LogP contribution in [0.3, 0.4) is 0 Å². The van der Waals surface area contributed by atoms with E-state index < -0.39 is 0 Å². The van der Waals surface area contributed by atoms with Crippen LogP contribution in [0.15, 0.2) is 36.4 Å². The van der Waals surface area contributed by atoms with Crippen molar-refractivity contribution in [2.45, 2.75) is 33.1 Å². The number of nitrogens with zero attached hydrogens (tertiary/aromatic N) is 1. The zero-order chi connectivity index (χ0) is 15.6. The molecule has 108 valence electrons. The van der Waals surface area contributed by atoms with Crippen molar-refractivity contribution in [3.05, 3.63) is 53.1 Å². The fourth-order valence-corrected chi connectivity index (χ4v) is 2.14. The Morgan fingerprint density at radius 3 is 2.43 bits per heavy atom. The number of benzene rings is 2. The highest BCUT2D eigenvalue weighted by molar-refractivity contribution is 5.57. The normalized spacial score (nSPS) is 11.0. The summed E-state index contributed by atoms with van der Waals surface area (Å²) in [5.74, 6) is 1.43. The van der Waals surface area contributed by atoms with Gasteiger partial charge in [-0.25, -0.2) is 0 Å². The highest BCUT2D eigenvalue weighted by atomic mass is 16.5. The van der Waals surface area contributed by atoms with Gasteiger partial charge in [-0.2, -0.15) is 5.26 Å². The Bertz CT molecular complexity index is 706. The van der Waals surface area contributed by atoms with Crippen molar-refractivity contribution in [1.29, 1.82) is 5.26 Å². The van der Waals surface area contributed by atoms with Crippen LogP contribution >= 0.6 is 0 Å². The van der Waals surface area contributed by atoms with Crippen LogP contribution < -0.4 is 10.5 Å². The minimum absolute atomic E-state index is 0.0206. The highest BCUT2D eigenvalue weighted by Crippen LogP contribution is 2.35. The van der Waals surface area contributed by atoms with Crippen LogP contribution in [0.5, 0.6) is 11.5 Å². The molecule has 0 aliphatic heterocycles. The number of aryl methyl sites for hydroxylation is 1. The standard InChI is InChI=1S/C18H20N2O/c1-12-5-8-17(15(9-12)18(2,3)4)21-14-6-7-16(20)13(10-14)11-19/h5-10H,20H2,1-4H3. The maximum Gasteiger partial charge on any atom is 0.131 e. The van der Waals surface area contributed by atoms with Crippen molar-refractivity contribution in [1.82, 2.24) is 0 Å². The molecule has 0 aliphatic rings. The van der Waals surface area contributed by atoms with E-state index in [4.69, 9.17) is 15.7 Å². The van der Waals surface area contributed by atoms with E-state index in [0.717, 1.165) is 11.3 Å². The number of hydrogen-bond donors (Lipinski definition) is 1. The van der Waals surface area contributed by atoms with E-state index >= 15 is 0 Å². The molecule has 0 amide bonds. The van der Waals surface area contributed by atoms with Gasteiger partial charge >= 0.3 is 0 Å². The van der Waals surface area contributed by atoms with E-state index in [0.29, 0.717) is 17.0 Å². The summed E-state index contributed by atoms with van der Waals surface area (Å²) in [6.07, 6.45) is 0. The van der Waals surface area contributed by atoms with E-state index in [9.17, 15) is 0 Å². The molecule has 0 saturated heterocycles. The maximum atomic E-state index is 9.04. The average Bonchev–Trinajstić information content (AvgIpc) is 2.41. The van der Waals surface area contributed by atoms with Gasteiger partial charge in [0.15, 0.2) is 0 Å². The van der Waals surface area contributed by atoms with E-state index in [1.165, 1.54) is 5.56 Å². The lowest BCUT2D eigenvalue weighted by Crippen LogP contribution is -2.12. The molecule has 0 aromatic heterocycles. The number of nitrogens with two attached hydrogens (primary N) is 1. The van der Waals surface area contributed by atoms with Gasteiger partial charge in [0.05, 0.1) is 5.56 Å². The Kier molecular flexibility index (Phi) is 3.90. The quantitative estimate of drug-likeness (QED) is 0.822. The van der Waals surface area contributed by atoms with Crippen molar-refractivity contribution in [3.8, 4) is 17.6 Å². The Labute approximate surface area is 126 Å². The van der Waals surface area contributed by atoms with Crippen LogP contribution in [0.2, 0.25) is 0 Å². The van der Waals surface area contributed by atoms with E-state index in [1.54, 1.807) is 18.2 Å². The third-order valence-electron chi connectivity index (χ3n) is 3.32. The summed E-state index contributed by atoms with van der Waals surface area (Å²) in [4.78, 5) is 0. The summed E-state index contributed by atoms with van der Waals surface area (Å²) in [5, 5.41) is 9.04. The van der Waals surface area contributed by atoms with Gasteiger partial charge in [0.2, 0.25) is 0 Å². The van der Waals surface area contributed by atoms with E-state index in [2.05, 4.69) is 39.8 Å². The molecule has 0 unspecified atom stereocenters. The molecule has 3 nitrogen and oxygen atoms in total. The van der Waals surface area contributed by atoms with Crippen LogP contribution in [0.4, 0.5) is 5.69 Å². The van der Waals surface area contributed by atoms with Gasteiger partial charge in [0.25, 0.3) is 0 Å². The Morgan fingerprint density at radius 2 is 1.81 bits per heavy atom. The molecule has 0 spiro atoms. The number of hydrogen-bond acceptors (Lipinski definition) is 3. The van der Waals surface area contributed by atoms with E-state index in [1.807, 2.05) is 12.1 Å². The smallest absolute Gasteiger partial charge is 0.131 e. The molecule has 2 N–H and O–H groups in total. The van der Waals surface area contributed by atoms with Crippen LogP contribution in [0.1, 0.15) is 37.5 Å². The molecule has 0 atom stereocenters. The highest BCUT2D eigenvalue weighted by Gasteiger charge is 2.19. The lowest BCUT2D eigenvalue weighted by atomic mass is 9.85. The first kappa shape index (κ1) is 14.9. The zero-order valence-electron chi connectivity index (χ0n) is 12.9. The van der Waals surface area contributed by atoms with Crippen molar-refractivity contribution in [2.75, 3.05) is 5.73 Å². The second kappa shape index (κ2) is 5.49. The summed E-state index contributed by atoms with van der Waals surface area (Å²) in [6, 6.07) is 13.3. The van der Waals surface area contributed by atoms with Crippen molar-refractivity contribution < 1.29 is 4.74 Å². The summed E-state index contributed by atoms with van der Waals surface area (Å²) in [6.45, 7) is 8.52. The minimum atomic E-state index is -0.0206. The Morgan fingerprint density at radius 1 is 1.10 bits per heavy atom. The Hall–Kier alpha value is -2.47. The van der Waals surface area contributed by atoms with Gasteiger partial charge < -0.3 is 10.5 Å². The molecule has 0 saturated carbocycles. The van der Waals surface area contributed by atoms with Gasteiger partial charge in [-0.1, -0.05) is 38.5 Å². The fraction of sp³-hybridized carbons (Fsp3) is 0.278. The van der Waals surface area contributed by atoms with Crippen LogP contribution in [-0.2, 0) is 5.41 Å². The number of rotatable bonds is 2. The lowest BCUT2D eigenvalue weighted by molar-refractivity contribution is 0.455. The summed E-state index contributed by atoms with van der Waals surface area (Å²) in [5.41, 5.74) is 8.94. The molecule has 2 aromatic rings. The van der Waals surface area contributed by atoms with Crippen molar-refractivity contribution in [3.63, 3.8) is 0 Å². The van der Waals surface area contributed by atoms with Crippen molar-refractivity contribution >= 4 is 5.69 Å². The molecule has 21 heavy (non-hydrogen) atoms. The fourth-order valence-electron chi connectivity index (χ4n) is 2.14. The summed E-state index contributed by atoms with van der Waals surface area (Å²) in [7, 11) is 0. The van der Waals surface area contributed by atoms with Gasteiger partial charge in [0.1, 0.15) is 17.6 Å². The van der Waals surface area contributed by atoms with Gasteiger partial charge in [-0.05, 0) is 30.5 Å². The molecule has 0 radical (unpaired) electrons. The van der Waals surface area contributed by atoms with Crippen molar-refractivity contribution in [2.24, 2.45) is 0 Å². The molecule has 2 rings (SSSR count). The van der Waals surface area contributed by atoms with Crippen LogP contribution in [0, 0.1) is 18.3 Å². The van der Waals surface area contributed by atoms with E-state index in [-0.39, 0.29) is 5.41 Å². The molecule has 0 bridgehead atoms. The topological polar surface area (TPSA) is 59.0 Å².